The van der Waals surface area contributed by atoms with Crippen LogP contribution in [0.15, 0.2) is 22.7 Å². The van der Waals surface area contributed by atoms with Crippen LogP contribution in [0.25, 0.3) is 0 Å². The third-order valence-corrected chi connectivity index (χ3v) is 4.97. The van der Waals surface area contributed by atoms with Gasteiger partial charge in [0.2, 0.25) is 0 Å². The maximum absolute atomic E-state index is 10.5. The van der Waals surface area contributed by atoms with E-state index >= 15 is 0 Å². The molecular weight excluding hydrogens is 276 g/mol. The number of benzene rings is 1. The molecule has 0 radical (unpaired) electrons. The second-order valence-electron chi connectivity index (χ2n) is 5.17. The molecule has 2 rings (SSSR count). The lowest BCUT2D eigenvalue weighted by Gasteiger charge is -2.23. The molecular formula is C15H21BrO. The molecule has 17 heavy (non-hydrogen) atoms. The van der Waals surface area contributed by atoms with Gasteiger partial charge in [-0.15, -0.1) is 0 Å². The highest BCUT2D eigenvalue weighted by Crippen LogP contribution is 2.37. The van der Waals surface area contributed by atoms with E-state index in [0.717, 1.165) is 10.0 Å². The van der Waals surface area contributed by atoms with Crippen LogP contribution in [0.3, 0.4) is 0 Å². The normalized spacial score (nSPS) is 19.9. The van der Waals surface area contributed by atoms with E-state index in [1.54, 1.807) is 0 Å². The first kappa shape index (κ1) is 13.1. The smallest absolute Gasteiger partial charge is 0.0829 e. The lowest BCUT2D eigenvalue weighted by Crippen LogP contribution is -2.12. The van der Waals surface area contributed by atoms with Gasteiger partial charge in [-0.3, -0.25) is 0 Å². The molecule has 1 atom stereocenters. The predicted octanol–water partition coefficient (Wildman–Crippen LogP) is 4.76. The van der Waals surface area contributed by atoms with Gasteiger partial charge in [0.1, 0.15) is 0 Å². The molecule has 1 saturated carbocycles. The highest BCUT2D eigenvalue weighted by molar-refractivity contribution is 9.10. The lowest BCUT2D eigenvalue weighted by atomic mass is 9.89. The topological polar surface area (TPSA) is 20.2 Å². The van der Waals surface area contributed by atoms with E-state index in [1.807, 2.05) is 12.1 Å². The summed E-state index contributed by atoms with van der Waals surface area (Å²) >= 11 is 3.61. The van der Waals surface area contributed by atoms with Gasteiger partial charge in [-0.25, -0.2) is 0 Å². The van der Waals surface area contributed by atoms with Gasteiger partial charge in [-0.1, -0.05) is 59.8 Å². The van der Waals surface area contributed by atoms with E-state index in [2.05, 4.69) is 28.9 Å². The SMILES string of the molecule is Cc1cccc(C(O)C2CCCCCC2)c1Br. The Morgan fingerprint density at radius 3 is 2.47 bits per heavy atom. The molecule has 1 unspecified atom stereocenters. The monoisotopic (exact) mass is 296 g/mol. The van der Waals surface area contributed by atoms with Crippen LogP contribution in [-0.4, -0.2) is 5.11 Å². The molecule has 1 aliphatic carbocycles. The minimum absolute atomic E-state index is 0.303. The third-order valence-electron chi connectivity index (χ3n) is 3.89. The average Bonchev–Trinajstić information content (AvgIpc) is 2.60. The molecule has 1 aromatic carbocycles. The molecule has 1 N–H and O–H groups in total. The lowest BCUT2D eigenvalue weighted by molar-refractivity contribution is 0.0981. The molecule has 1 aliphatic rings. The minimum atomic E-state index is -0.303. The summed E-state index contributed by atoms with van der Waals surface area (Å²) in [7, 11) is 0. The number of rotatable bonds is 2. The van der Waals surface area contributed by atoms with E-state index < -0.39 is 0 Å². The second kappa shape index (κ2) is 6.01. The number of aliphatic hydroxyl groups excluding tert-OH is 1. The fourth-order valence-corrected chi connectivity index (χ4v) is 3.28. The number of aryl methyl sites for hydroxylation is 1. The highest BCUT2D eigenvalue weighted by Gasteiger charge is 2.23. The molecule has 0 aliphatic heterocycles. The summed E-state index contributed by atoms with van der Waals surface area (Å²) in [6.07, 6.45) is 7.23. The molecule has 1 fully saturated rings. The van der Waals surface area contributed by atoms with Gasteiger partial charge in [-0.2, -0.15) is 0 Å². The molecule has 1 aromatic rings. The van der Waals surface area contributed by atoms with E-state index in [0.29, 0.717) is 5.92 Å². The Hall–Kier alpha value is -0.340. The third kappa shape index (κ3) is 3.11. The van der Waals surface area contributed by atoms with Crippen molar-refractivity contribution in [2.75, 3.05) is 0 Å². The predicted molar refractivity (Wildman–Crippen MR) is 75.0 cm³/mol. The number of aliphatic hydroxyl groups is 1. The Labute approximate surface area is 112 Å². The summed E-state index contributed by atoms with van der Waals surface area (Å²) in [5.41, 5.74) is 2.27. The number of halogens is 1. The Kier molecular flexibility index (Phi) is 4.63. The van der Waals surface area contributed by atoms with Gasteiger partial charge in [0.05, 0.1) is 6.10 Å². The highest BCUT2D eigenvalue weighted by atomic mass is 79.9. The van der Waals surface area contributed by atoms with Gasteiger partial charge < -0.3 is 5.11 Å². The van der Waals surface area contributed by atoms with Crippen molar-refractivity contribution in [3.63, 3.8) is 0 Å². The molecule has 2 heteroatoms. The second-order valence-corrected chi connectivity index (χ2v) is 5.97. The van der Waals surface area contributed by atoms with Gasteiger partial charge in [0.25, 0.3) is 0 Å². The largest absolute Gasteiger partial charge is 0.388 e. The van der Waals surface area contributed by atoms with Crippen molar-refractivity contribution in [1.82, 2.24) is 0 Å². The first-order valence-electron chi connectivity index (χ1n) is 6.63. The minimum Gasteiger partial charge on any atom is -0.388 e. The average molecular weight is 297 g/mol. The summed E-state index contributed by atoms with van der Waals surface area (Å²) < 4.78 is 1.08. The molecule has 94 valence electrons. The van der Waals surface area contributed by atoms with Crippen LogP contribution in [0, 0.1) is 12.8 Å². The summed E-state index contributed by atoms with van der Waals surface area (Å²) in [6, 6.07) is 6.16. The molecule has 0 spiro atoms. The van der Waals surface area contributed by atoms with E-state index in [-0.39, 0.29) is 6.10 Å². The zero-order valence-electron chi connectivity index (χ0n) is 10.5. The summed E-state index contributed by atoms with van der Waals surface area (Å²) in [5.74, 6) is 0.440. The summed E-state index contributed by atoms with van der Waals surface area (Å²) in [4.78, 5) is 0. The van der Waals surface area contributed by atoms with Crippen molar-refractivity contribution in [2.24, 2.45) is 5.92 Å². The fraction of sp³-hybridized carbons (Fsp3) is 0.600. The molecule has 0 bridgehead atoms. The Balaban J connectivity index is 2.17. The van der Waals surface area contributed by atoms with Crippen molar-refractivity contribution in [1.29, 1.82) is 0 Å². The molecule has 0 amide bonds. The van der Waals surface area contributed by atoms with Gasteiger partial charge in [0, 0.05) is 4.47 Å². The summed E-state index contributed by atoms with van der Waals surface area (Å²) in [5, 5.41) is 10.5. The zero-order chi connectivity index (χ0) is 12.3. The van der Waals surface area contributed by atoms with Gasteiger partial charge >= 0.3 is 0 Å². The van der Waals surface area contributed by atoms with Crippen molar-refractivity contribution in [2.45, 2.75) is 51.6 Å². The van der Waals surface area contributed by atoms with Crippen LogP contribution >= 0.6 is 15.9 Å². The molecule has 0 saturated heterocycles. The van der Waals surface area contributed by atoms with Crippen LogP contribution in [-0.2, 0) is 0 Å². The van der Waals surface area contributed by atoms with Crippen molar-refractivity contribution in [3.8, 4) is 0 Å². The van der Waals surface area contributed by atoms with Crippen molar-refractivity contribution >= 4 is 15.9 Å². The van der Waals surface area contributed by atoms with Gasteiger partial charge in [0.15, 0.2) is 0 Å². The first-order chi connectivity index (χ1) is 8.20. The van der Waals surface area contributed by atoms with Crippen molar-refractivity contribution in [3.05, 3.63) is 33.8 Å². The zero-order valence-corrected chi connectivity index (χ0v) is 12.0. The van der Waals surface area contributed by atoms with E-state index in [1.165, 1.54) is 44.1 Å². The Morgan fingerprint density at radius 2 is 1.82 bits per heavy atom. The van der Waals surface area contributed by atoms with Crippen LogP contribution < -0.4 is 0 Å². The quantitative estimate of drug-likeness (QED) is 0.780. The molecule has 0 aromatic heterocycles. The van der Waals surface area contributed by atoms with E-state index in [9.17, 15) is 5.11 Å². The number of hydrogen-bond acceptors (Lipinski definition) is 1. The molecule has 0 heterocycles. The van der Waals surface area contributed by atoms with Crippen molar-refractivity contribution < 1.29 is 5.11 Å². The first-order valence-corrected chi connectivity index (χ1v) is 7.42. The van der Waals surface area contributed by atoms with E-state index in [4.69, 9.17) is 0 Å². The Morgan fingerprint density at radius 1 is 1.18 bits per heavy atom. The van der Waals surface area contributed by atoms with Crippen LogP contribution in [0.4, 0.5) is 0 Å². The van der Waals surface area contributed by atoms with Crippen LogP contribution in [0.2, 0.25) is 0 Å². The number of hydrogen-bond donors (Lipinski definition) is 1. The summed E-state index contributed by atoms with van der Waals surface area (Å²) in [6.45, 7) is 2.08. The van der Waals surface area contributed by atoms with Gasteiger partial charge in [-0.05, 0) is 36.8 Å². The van der Waals surface area contributed by atoms with Crippen LogP contribution in [0.5, 0.6) is 0 Å². The standard InChI is InChI=1S/C15H21BrO/c1-11-7-6-10-13(14(11)16)15(17)12-8-4-2-3-5-9-12/h6-7,10,12,15,17H,2-5,8-9H2,1H3. The molecule has 1 nitrogen and oxygen atoms in total. The fourth-order valence-electron chi connectivity index (χ4n) is 2.78. The maximum atomic E-state index is 10.5. The Bertz CT molecular complexity index is 367. The maximum Gasteiger partial charge on any atom is 0.0829 e. The van der Waals surface area contributed by atoms with Crippen LogP contribution in [0.1, 0.15) is 55.8 Å².